The number of rotatable bonds is 4. The number of amides is 1. The number of carbonyl (C=O) groups is 1. The van der Waals surface area contributed by atoms with E-state index in [0.29, 0.717) is 44.8 Å². The third kappa shape index (κ3) is 2.71. The molecule has 3 heterocycles. The largest absolute Gasteiger partial charge is 0.396 e. The van der Waals surface area contributed by atoms with E-state index in [4.69, 9.17) is 4.74 Å². The molecule has 0 spiro atoms. The van der Waals surface area contributed by atoms with Crippen LogP contribution >= 0.6 is 0 Å². The van der Waals surface area contributed by atoms with Crippen LogP contribution in [0, 0.1) is 11.3 Å². The maximum Gasteiger partial charge on any atom is 0.264 e. The Balaban J connectivity index is 1.57. The van der Waals surface area contributed by atoms with Crippen molar-refractivity contribution >= 4 is 5.91 Å². The van der Waals surface area contributed by atoms with Crippen molar-refractivity contribution in [3.05, 3.63) is 28.2 Å². The summed E-state index contributed by atoms with van der Waals surface area (Å²) in [7, 11) is 0. The summed E-state index contributed by atoms with van der Waals surface area (Å²) >= 11 is 0. The van der Waals surface area contributed by atoms with Gasteiger partial charge in [-0.25, -0.2) is 5.10 Å². The van der Waals surface area contributed by atoms with Gasteiger partial charge >= 0.3 is 0 Å². The van der Waals surface area contributed by atoms with Gasteiger partial charge in [0.1, 0.15) is 0 Å². The molecule has 0 aromatic carbocycles. The smallest absolute Gasteiger partial charge is 0.264 e. The number of aliphatic hydroxyl groups is 1. The fourth-order valence-electron chi connectivity index (χ4n) is 3.15. The lowest BCUT2D eigenvalue weighted by Gasteiger charge is -2.24. The van der Waals surface area contributed by atoms with Gasteiger partial charge in [0, 0.05) is 43.3 Å². The van der Waals surface area contributed by atoms with Crippen LogP contribution in [0.4, 0.5) is 0 Å². The van der Waals surface area contributed by atoms with Crippen LogP contribution in [0.5, 0.6) is 0 Å². The fourth-order valence-corrected chi connectivity index (χ4v) is 3.15. The highest BCUT2D eigenvalue weighted by molar-refractivity contribution is 5.76. The van der Waals surface area contributed by atoms with Gasteiger partial charge in [-0.2, -0.15) is 5.10 Å². The Morgan fingerprint density at radius 2 is 2.43 bits per heavy atom. The van der Waals surface area contributed by atoms with Gasteiger partial charge in [0.05, 0.1) is 25.5 Å². The van der Waals surface area contributed by atoms with E-state index in [-0.39, 0.29) is 29.4 Å². The van der Waals surface area contributed by atoms with E-state index in [9.17, 15) is 14.7 Å². The molecule has 2 N–H and O–H groups in total. The Bertz CT molecular complexity index is 567. The Labute approximate surface area is 121 Å². The zero-order valence-corrected chi connectivity index (χ0v) is 11.7. The second-order valence-electron chi connectivity index (χ2n) is 5.92. The van der Waals surface area contributed by atoms with Crippen LogP contribution in [0.3, 0.4) is 0 Å². The van der Waals surface area contributed by atoms with Crippen LogP contribution in [0.2, 0.25) is 0 Å². The third-order valence-corrected chi connectivity index (χ3v) is 4.52. The number of likely N-dealkylation sites (tertiary alicyclic amines) is 1. The zero-order valence-electron chi connectivity index (χ0n) is 11.7. The number of aromatic nitrogens is 2. The van der Waals surface area contributed by atoms with Gasteiger partial charge in [0.2, 0.25) is 5.91 Å². The van der Waals surface area contributed by atoms with E-state index in [1.165, 1.54) is 6.07 Å². The number of aromatic amines is 1. The molecule has 114 valence electrons. The van der Waals surface area contributed by atoms with Crippen molar-refractivity contribution in [1.82, 2.24) is 15.1 Å². The summed E-state index contributed by atoms with van der Waals surface area (Å²) in [4.78, 5) is 25.0. The summed E-state index contributed by atoms with van der Waals surface area (Å²) in [5.41, 5.74) is 0.177. The first kappa shape index (κ1) is 14.2. The van der Waals surface area contributed by atoms with E-state index in [1.54, 1.807) is 6.07 Å². The molecule has 0 unspecified atom stereocenters. The summed E-state index contributed by atoms with van der Waals surface area (Å²) in [6.07, 6.45) is 0.855. The van der Waals surface area contributed by atoms with Crippen LogP contribution in [0.15, 0.2) is 16.9 Å². The number of aryl methyl sites for hydroxylation is 1. The molecule has 3 rings (SSSR count). The van der Waals surface area contributed by atoms with Crippen molar-refractivity contribution in [3.63, 3.8) is 0 Å². The molecule has 7 nitrogen and oxygen atoms in total. The van der Waals surface area contributed by atoms with Gasteiger partial charge in [-0.1, -0.05) is 0 Å². The van der Waals surface area contributed by atoms with Crippen LogP contribution in [-0.2, 0) is 16.0 Å². The number of H-pyrrole nitrogens is 1. The molecule has 2 fully saturated rings. The standard InChI is InChI=1S/C14H19N3O4/c18-8-14-7-17(5-10(14)6-21-9-14)13(20)4-2-11-1-3-12(19)16-15-11/h1,3,10,18H,2,4-9H2,(H,16,19)/t10-,14-/m0/s1. The van der Waals surface area contributed by atoms with Crippen LogP contribution in [0.1, 0.15) is 12.1 Å². The molecule has 0 bridgehead atoms. The summed E-state index contributed by atoms with van der Waals surface area (Å²) < 4.78 is 5.43. The molecule has 2 saturated heterocycles. The number of nitrogens with zero attached hydrogens (tertiary/aromatic N) is 2. The number of aliphatic hydroxyl groups excluding tert-OH is 1. The monoisotopic (exact) mass is 293 g/mol. The maximum atomic E-state index is 12.3. The van der Waals surface area contributed by atoms with Crippen LogP contribution < -0.4 is 5.56 Å². The number of nitrogens with one attached hydrogen (secondary N) is 1. The summed E-state index contributed by atoms with van der Waals surface area (Å²) in [6.45, 7) is 2.42. The highest BCUT2D eigenvalue weighted by atomic mass is 16.5. The second kappa shape index (κ2) is 5.57. The zero-order chi connectivity index (χ0) is 14.9. The first-order valence-corrected chi connectivity index (χ1v) is 7.14. The SMILES string of the molecule is O=C(CCc1ccc(=O)[nH]n1)N1C[C@H]2COC[C@@]2(CO)C1. The molecular formula is C14H19N3O4. The molecule has 2 aliphatic rings. The molecule has 2 atom stereocenters. The molecule has 2 aliphatic heterocycles. The molecule has 7 heteroatoms. The molecule has 0 aliphatic carbocycles. The predicted molar refractivity (Wildman–Crippen MR) is 73.6 cm³/mol. The number of fused-ring (bicyclic) bond motifs is 1. The molecule has 1 aromatic heterocycles. The van der Waals surface area contributed by atoms with Gasteiger partial charge in [-0.15, -0.1) is 0 Å². The first-order chi connectivity index (χ1) is 10.1. The Morgan fingerprint density at radius 1 is 1.57 bits per heavy atom. The second-order valence-corrected chi connectivity index (χ2v) is 5.92. The van der Waals surface area contributed by atoms with Crippen LogP contribution in [0.25, 0.3) is 0 Å². The Hall–Kier alpha value is -1.73. The van der Waals surface area contributed by atoms with E-state index in [0.717, 1.165) is 0 Å². The lowest BCUT2D eigenvalue weighted by Crippen LogP contribution is -2.36. The molecular weight excluding hydrogens is 274 g/mol. The van der Waals surface area contributed by atoms with Gasteiger partial charge in [-0.3, -0.25) is 9.59 Å². The van der Waals surface area contributed by atoms with E-state index in [1.807, 2.05) is 4.90 Å². The maximum absolute atomic E-state index is 12.3. The molecule has 1 aromatic rings. The highest BCUT2D eigenvalue weighted by Gasteiger charge is 2.51. The van der Waals surface area contributed by atoms with E-state index >= 15 is 0 Å². The Kier molecular flexibility index (Phi) is 3.77. The topological polar surface area (TPSA) is 95.5 Å². The first-order valence-electron chi connectivity index (χ1n) is 7.14. The summed E-state index contributed by atoms with van der Waals surface area (Å²) in [6, 6.07) is 3.04. The number of hydrogen-bond donors (Lipinski definition) is 2. The van der Waals surface area contributed by atoms with Gasteiger partial charge < -0.3 is 14.7 Å². The predicted octanol–water partition coefficient (Wildman–Crippen LogP) is -0.830. The van der Waals surface area contributed by atoms with Crippen molar-refractivity contribution in [2.24, 2.45) is 11.3 Å². The van der Waals surface area contributed by atoms with Crippen molar-refractivity contribution in [1.29, 1.82) is 0 Å². The highest BCUT2D eigenvalue weighted by Crippen LogP contribution is 2.40. The fraction of sp³-hybridized carbons (Fsp3) is 0.643. The normalized spacial score (nSPS) is 27.9. The number of hydrogen-bond acceptors (Lipinski definition) is 5. The summed E-state index contributed by atoms with van der Waals surface area (Å²) in [5.74, 6) is 0.294. The van der Waals surface area contributed by atoms with Crippen molar-refractivity contribution in [3.8, 4) is 0 Å². The minimum absolute atomic E-state index is 0.0585. The molecule has 0 radical (unpaired) electrons. The summed E-state index contributed by atoms with van der Waals surface area (Å²) in [5, 5.41) is 15.9. The number of ether oxygens (including phenoxy) is 1. The Morgan fingerprint density at radius 3 is 3.10 bits per heavy atom. The third-order valence-electron chi connectivity index (χ3n) is 4.52. The lowest BCUT2D eigenvalue weighted by molar-refractivity contribution is -0.131. The minimum atomic E-state index is -0.272. The van der Waals surface area contributed by atoms with Gasteiger partial charge in [-0.05, 0) is 6.07 Å². The van der Waals surface area contributed by atoms with E-state index in [2.05, 4.69) is 10.2 Å². The minimum Gasteiger partial charge on any atom is -0.396 e. The van der Waals surface area contributed by atoms with Gasteiger partial charge in [0.25, 0.3) is 5.56 Å². The molecule has 0 saturated carbocycles. The van der Waals surface area contributed by atoms with Crippen molar-refractivity contribution in [2.45, 2.75) is 12.8 Å². The average molecular weight is 293 g/mol. The molecule has 21 heavy (non-hydrogen) atoms. The average Bonchev–Trinajstić information content (AvgIpc) is 3.03. The van der Waals surface area contributed by atoms with Crippen molar-refractivity contribution in [2.75, 3.05) is 32.9 Å². The quantitative estimate of drug-likeness (QED) is 0.755. The van der Waals surface area contributed by atoms with Gasteiger partial charge in [0.15, 0.2) is 0 Å². The molecule has 1 amide bonds. The number of carbonyl (C=O) groups excluding carboxylic acids is 1. The van der Waals surface area contributed by atoms with Crippen molar-refractivity contribution < 1.29 is 14.6 Å². The van der Waals surface area contributed by atoms with E-state index < -0.39 is 0 Å². The van der Waals surface area contributed by atoms with Crippen LogP contribution in [-0.4, -0.2) is 59.0 Å². The lowest BCUT2D eigenvalue weighted by atomic mass is 9.82.